The fraction of sp³-hybridized carbons (Fsp3) is 0.250. The molecule has 0 saturated carbocycles. The lowest BCUT2D eigenvalue weighted by Crippen LogP contribution is -2.18. The highest BCUT2D eigenvalue weighted by molar-refractivity contribution is 5.33. The van der Waals surface area contributed by atoms with Crippen molar-refractivity contribution in [3.63, 3.8) is 0 Å². The molecule has 0 aliphatic heterocycles. The van der Waals surface area contributed by atoms with E-state index in [1.165, 1.54) is 0 Å². The van der Waals surface area contributed by atoms with Crippen molar-refractivity contribution in [1.29, 1.82) is 0 Å². The summed E-state index contributed by atoms with van der Waals surface area (Å²) in [5.41, 5.74) is 4.67. The van der Waals surface area contributed by atoms with Crippen LogP contribution in [0.3, 0.4) is 0 Å². The Labute approximate surface area is 100 Å². The second-order valence-corrected chi connectivity index (χ2v) is 3.96. The summed E-state index contributed by atoms with van der Waals surface area (Å²) in [5, 5.41) is 0. The van der Waals surface area contributed by atoms with E-state index < -0.39 is 0 Å². The number of nitrogens with one attached hydrogen (secondary N) is 1. The molecule has 0 aliphatic rings. The van der Waals surface area contributed by atoms with E-state index in [-0.39, 0.29) is 0 Å². The standard InChI is InChI=1S/C12H16N4O/c1-16(7-10-5-6-17-9-10)8-11-3-2-4-12(14-11)15-13/h2-6,9H,7-8,13H2,1H3,(H,14,15). The van der Waals surface area contributed by atoms with Gasteiger partial charge < -0.3 is 9.84 Å². The molecule has 0 atom stereocenters. The minimum atomic E-state index is 0.680. The molecule has 2 heterocycles. The molecule has 90 valence electrons. The van der Waals surface area contributed by atoms with Gasteiger partial charge in [0.1, 0.15) is 5.82 Å². The van der Waals surface area contributed by atoms with E-state index in [1.807, 2.05) is 31.3 Å². The summed E-state index contributed by atoms with van der Waals surface area (Å²) in [6.45, 7) is 1.60. The molecule has 0 bridgehead atoms. The van der Waals surface area contributed by atoms with Gasteiger partial charge in [0, 0.05) is 18.7 Å². The van der Waals surface area contributed by atoms with E-state index in [0.29, 0.717) is 5.82 Å². The lowest BCUT2D eigenvalue weighted by molar-refractivity contribution is 0.314. The summed E-state index contributed by atoms with van der Waals surface area (Å²) >= 11 is 0. The molecule has 0 aromatic carbocycles. The van der Waals surface area contributed by atoms with Crippen molar-refractivity contribution >= 4 is 5.82 Å². The average Bonchev–Trinajstić information content (AvgIpc) is 2.82. The van der Waals surface area contributed by atoms with E-state index >= 15 is 0 Å². The van der Waals surface area contributed by atoms with Crippen molar-refractivity contribution in [3.05, 3.63) is 48.0 Å². The monoisotopic (exact) mass is 232 g/mol. The molecule has 2 aromatic heterocycles. The van der Waals surface area contributed by atoms with Gasteiger partial charge in [0.25, 0.3) is 0 Å². The Morgan fingerprint density at radius 1 is 1.35 bits per heavy atom. The normalized spacial score (nSPS) is 10.8. The Morgan fingerprint density at radius 3 is 2.94 bits per heavy atom. The second-order valence-electron chi connectivity index (χ2n) is 3.96. The smallest absolute Gasteiger partial charge is 0.140 e. The number of hydrazine groups is 1. The number of aromatic nitrogens is 1. The lowest BCUT2D eigenvalue weighted by Gasteiger charge is -2.15. The van der Waals surface area contributed by atoms with Crippen LogP contribution in [-0.2, 0) is 13.1 Å². The fourth-order valence-corrected chi connectivity index (χ4v) is 1.67. The number of nitrogens with two attached hydrogens (primary N) is 1. The van der Waals surface area contributed by atoms with Gasteiger partial charge in [-0.3, -0.25) is 4.90 Å². The number of hydrogen-bond donors (Lipinski definition) is 2. The quantitative estimate of drug-likeness (QED) is 0.605. The van der Waals surface area contributed by atoms with Crippen LogP contribution < -0.4 is 11.3 Å². The third kappa shape index (κ3) is 3.30. The van der Waals surface area contributed by atoms with Gasteiger partial charge in [-0.05, 0) is 25.2 Å². The van der Waals surface area contributed by atoms with Gasteiger partial charge in [0.2, 0.25) is 0 Å². The van der Waals surface area contributed by atoms with Crippen LogP contribution in [0.2, 0.25) is 0 Å². The molecule has 3 N–H and O–H groups in total. The molecule has 5 heteroatoms. The first kappa shape index (κ1) is 11.6. The van der Waals surface area contributed by atoms with Crippen LogP contribution in [-0.4, -0.2) is 16.9 Å². The number of anilines is 1. The Balaban J connectivity index is 1.95. The average molecular weight is 232 g/mol. The van der Waals surface area contributed by atoms with Gasteiger partial charge in [0.05, 0.1) is 18.2 Å². The number of furan rings is 1. The van der Waals surface area contributed by atoms with Crippen molar-refractivity contribution in [1.82, 2.24) is 9.88 Å². The van der Waals surface area contributed by atoms with E-state index in [2.05, 4.69) is 15.3 Å². The number of pyridine rings is 1. The van der Waals surface area contributed by atoms with Gasteiger partial charge in [-0.15, -0.1) is 0 Å². The third-order valence-corrected chi connectivity index (χ3v) is 2.42. The Morgan fingerprint density at radius 2 is 2.24 bits per heavy atom. The first-order chi connectivity index (χ1) is 8.28. The summed E-state index contributed by atoms with van der Waals surface area (Å²) < 4.78 is 5.03. The summed E-state index contributed by atoms with van der Waals surface area (Å²) in [7, 11) is 2.04. The highest BCUT2D eigenvalue weighted by Crippen LogP contribution is 2.09. The molecule has 0 fully saturated rings. The Hall–Kier alpha value is -1.85. The predicted molar refractivity (Wildman–Crippen MR) is 65.9 cm³/mol. The number of nitrogens with zero attached hydrogens (tertiary/aromatic N) is 2. The fourth-order valence-electron chi connectivity index (χ4n) is 1.67. The van der Waals surface area contributed by atoms with Crippen molar-refractivity contribution in [2.24, 2.45) is 5.84 Å². The lowest BCUT2D eigenvalue weighted by atomic mass is 10.3. The summed E-state index contributed by atoms with van der Waals surface area (Å²) in [6, 6.07) is 7.71. The van der Waals surface area contributed by atoms with Crippen LogP contribution in [0.5, 0.6) is 0 Å². The Bertz CT molecular complexity index is 455. The van der Waals surface area contributed by atoms with Crippen LogP contribution in [0.4, 0.5) is 5.82 Å². The largest absolute Gasteiger partial charge is 0.472 e. The zero-order chi connectivity index (χ0) is 12.1. The summed E-state index contributed by atoms with van der Waals surface area (Å²) in [4.78, 5) is 6.52. The number of rotatable bonds is 5. The maximum atomic E-state index is 5.32. The molecule has 0 radical (unpaired) electrons. The third-order valence-electron chi connectivity index (χ3n) is 2.42. The highest BCUT2D eigenvalue weighted by atomic mass is 16.3. The molecule has 0 unspecified atom stereocenters. The van der Waals surface area contributed by atoms with Crippen molar-refractivity contribution in [3.8, 4) is 0 Å². The first-order valence-corrected chi connectivity index (χ1v) is 5.40. The van der Waals surface area contributed by atoms with Crippen LogP contribution in [0.25, 0.3) is 0 Å². The molecule has 0 spiro atoms. The summed E-state index contributed by atoms with van der Waals surface area (Å²) in [5.74, 6) is 6.00. The molecule has 0 aliphatic carbocycles. The van der Waals surface area contributed by atoms with Crippen LogP contribution in [0.15, 0.2) is 41.2 Å². The van der Waals surface area contributed by atoms with E-state index in [1.54, 1.807) is 12.5 Å². The molecular weight excluding hydrogens is 216 g/mol. The van der Waals surface area contributed by atoms with Crippen LogP contribution in [0.1, 0.15) is 11.3 Å². The van der Waals surface area contributed by atoms with Crippen molar-refractivity contribution in [2.45, 2.75) is 13.1 Å². The maximum Gasteiger partial charge on any atom is 0.140 e. The second kappa shape index (κ2) is 5.47. The molecule has 0 saturated heterocycles. The van der Waals surface area contributed by atoms with Gasteiger partial charge in [-0.2, -0.15) is 0 Å². The van der Waals surface area contributed by atoms with E-state index in [9.17, 15) is 0 Å². The SMILES string of the molecule is CN(Cc1ccoc1)Cc1cccc(NN)n1. The molecule has 17 heavy (non-hydrogen) atoms. The van der Waals surface area contributed by atoms with Crippen LogP contribution in [0, 0.1) is 0 Å². The molecule has 2 aromatic rings. The Kier molecular flexibility index (Phi) is 3.74. The predicted octanol–water partition coefficient (Wildman–Crippen LogP) is 1.59. The highest BCUT2D eigenvalue weighted by Gasteiger charge is 2.04. The van der Waals surface area contributed by atoms with Gasteiger partial charge >= 0.3 is 0 Å². The molecule has 0 amide bonds. The number of nitrogen functional groups attached to an aromatic ring is 1. The molecule has 5 nitrogen and oxygen atoms in total. The van der Waals surface area contributed by atoms with Gasteiger partial charge in [-0.1, -0.05) is 6.07 Å². The van der Waals surface area contributed by atoms with E-state index in [4.69, 9.17) is 10.3 Å². The maximum absolute atomic E-state index is 5.32. The number of hydrogen-bond acceptors (Lipinski definition) is 5. The zero-order valence-electron chi connectivity index (χ0n) is 9.76. The minimum absolute atomic E-state index is 0.680. The minimum Gasteiger partial charge on any atom is -0.472 e. The molecule has 2 rings (SSSR count). The van der Waals surface area contributed by atoms with Crippen molar-refractivity contribution < 1.29 is 4.42 Å². The van der Waals surface area contributed by atoms with Crippen LogP contribution >= 0.6 is 0 Å². The van der Waals surface area contributed by atoms with E-state index in [0.717, 1.165) is 24.3 Å². The van der Waals surface area contributed by atoms with Gasteiger partial charge in [0.15, 0.2) is 0 Å². The first-order valence-electron chi connectivity index (χ1n) is 5.40. The topological polar surface area (TPSA) is 67.3 Å². The van der Waals surface area contributed by atoms with Gasteiger partial charge in [-0.25, -0.2) is 10.8 Å². The molecular formula is C12H16N4O. The summed E-state index contributed by atoms with van der Waals surface area (Å²) in [6.07, 6.45) is 3.43. The van der Waals surface area contributed by atoms with Crippen molar-refractivity contribution in [2.75, 3.05) is 12.5 Å². The zero-order valence-corrected chi connectivity index (χ0v) is 9.76.